The van der Waals surface area contributed by atoms with Gasteiger partial charge in [0.2, 0.25) is 5.91 Å². The Kier molecular flexibility index (Phi) is 4.87. The summed E-state index contributed by atoms with van der Waals surface area (Å²) in [6.45, 7) is 6.43. The van der Waals surface area contributed by atoms with E-state index in [9.17, 15) is 9.59 Å². The van der Waals surface area contributed by atoms with Crippen molar-refractivity contribution in [3.05, 3.63) is 35.9 Å². The van der Waals surface area contributed by atoms with Crippen LogP contribution in [0.15, 0.2) is 30.3 Å². The van der Waals surface area contributed by atoms with Crippen LogP contribution in [-0.2, 0) is 4.79 Å². The van der Waals surface area contributed by atoms with Crippen molar-refractivity contribution in [2.24, 2.45) is 5.41 Å². The summed E-state index contributed by atoms with van der Waals surface area (Å²) in [6, 6.07) is 10.9. The number of hydrogen-bond acceptors (Lipinski definition) is 2. The van der Waals surface area contributed by atoms with Crippen LogP contribution in [0.4, 0.5) is 4.79 Å². The Morgan fingerprint density at radius 3 is 2.41 bits per heavy atom. The average molecular weight is 370 g/mol. The van der Waals surface area contributed by atoms with Gasteiger partial charge >= 0.3 is 6.03 Å². The van der Waals surface area contributed by atoms with E-state index in [-0.39, 0.29) is 23.4 Å². The minimum absolute atomic E-state index is 0.0309. The lowest BCUT2D eigenvalue weighted by Gasteiger charge is -2.50. The van der Waals surface area contributed by atoms with Crippen molar-refractivity contribution in [3.63, 3.8) is 0 Å². The molecule has 1 aromatic carbocycles. The zero-order chi connectivity index (χ0) is 19.0. The molecule has 2 aliphatic heterocycles. The lowest BCUT2D eigenvalue weighted by atomic mass is 9.67. The molecule has 1 saturated carbocycles. The van der Waals surface area contributed by atoms with Crippen LogP contribution in [0.3, 0.4) is 0 Å². The fourth-order valence-corrected chi connectivity index (χ4v) is 4.75. The van der Waals surface area contributed by atoms with Gasteiger partial charge in [-0.1, -0.05) is 30.3 Å². The maximum absolute atomic E-state index is 13.2. The smallest absolute Gasteiger partial charge is 0.317 e. The summed E-state index contributed by atoms with van der Waals surface area (Å²) in [6.07, 6.45) is 5.17. The molecule has 1 atom stereocenters. The molecule has 1 spiro atoms. The molecule has 0 radical (unpaired) electrons. The van der Waals surface area contributed by atoms with Gasteiger partial charge in [0, 0.05) is 31.7 Å². The zero-order valence-electron chi connectivity index (χ0n) is 16.5. The number of nitrogens with one attached hydrogen (secondary N) is 1. The number of carbonyl (C=O) groups excluding carboxylic acids is 2. The molecule has 0 bridgehead atoms. The first-order chi connectivity index (χ1) is 13.0. The Balaban J connectivity index is 1.51. The molecular formula is C22H31N3O2. The Bertz CT molecular complexity index is 691. The molecular weight excluding hydrogens is 338 g/mol. The first-order valence-electron chi connectivity index (χ1n) is 10.4. The van der Waals surface area contributed by atoms with Gasteiger partial charge in [-0.15, -0.1) is 0 Å². The summed E-state index contributed by atoms with van der Waals surface area (Å²) in [5, 5.41) is 3.00. The molecule has 27 heavy (non-hydrogen) atoms. The summed E-state index contributed by atoms with van der Waals surface area (Å²) < 4.78 is 0. The number of nitrogens with zero attached hydrogens (tertiary/aromatic N) is 2. The largest absolute Gasteiger partial charge is 0.339 e. The van der Waals surface area contributed by atoms with Gasteiger partial charge in [-0.3, -0.25) is 4.79 Å². The second kappa shape index (κ2) is 7.17. The molecule has 4 rings (SSSR count). The molecule has 0 aromatic heterocycles. The Morgan fingerprint density at radius 1 is 1.15 bits per heavy atom. The molecule has 3 fully saturated rings. The molecule has 1 N–H and O–H groups in total. The minimum atomic E-state index is -0.0309. The predicted octanol–water partition coefficient (Wildman–Crippen LogP) is 3.37. The summed E-state index contributed by atoms with van der Waals surface area (Å²) in [5.41, 5.74) is 1.29. The zero-order valence-corrected chi connectivity index (χ0v) is 16.5. The third kappa shape index (κ3) is 3.83. The van der Waals surface area contributed by atoms with Gasteiger partial charge < -0.3 is 15.1 Å². The summed E-state index contributed by atoms with van der Waals surface area (Å²) in [7, 11) is 0. The summed E-state index contributed by atoms with van der Waals surface area (Å²) in [5.74, 6) is 0.283. The van der Waals surface area contributed by atoms with E-state index in [1.165, 1.54) is 0 Å². The van der Waals surface area contributed by atoms with Crippen LogP contribution in [0.25, 0.3) is 0 Å². The number of rotatable bonds is 3. The second-order valence-electron chi connectivity index (χ2n) is 8.96. The monoisotopic (exact) mass is 369 g/mol. The summed E-state index contributed by atoms with van der Waals surface area (Å²) in [4.78, 5) is 29.6. The second-order valence-corrected chi connectivity index (χ2v) is 8.96. The third-order valence-electron chi connectivity index (χ3n) is 6.44. The molecule has 3 amide bonds. The van der Waals surface area contributed by atoms with Gasteiger partial charge in [-0.25, -0.2) is 4.79 Å². The van der Waals surface area contributed by atoms with E-state index in [0.717, 1.165) is 57.3 Å². The van der Waals surface area contributed by atoms with Crippen molar-refractivity contribution in [2.75, 3.05) is 19.6 Å². The number of likely N-dealkylation sites (tertiary alicyclic amines) is 2. The first-order valence-corrected chi connectivity index (χ1v) is 10.4. The molecule has 146 valence electrons. The van der Waals surface area contributed by atoms with Gasteiger partial charge in [0.25, 0.3) is 0 Å². The van der Waals surface area contributed by atoms with Crippen LogP contribution in [0.5, 0.6) is 0 Å². The number of benzene rings is 1. The maximum Gasteiger partial charge on any atom is 0.317 e. The van der Waals surface area contributed by atoms with Gasteiger partial charge in [-0.2, -0.15) is 0 Å². The van der Waals surface area contributed by atoms with Crippen molar-refractivity contribution >= 4 is 11.9 Å². The van der Waals surface area contributed by atoms with Gasteiger partial charge in [0.05, 0.1) is 5.92 Å². The topological polar surface area (TPSA) is 52.7 Å². The van der Waals surface area contributed by atoms with Crippen LogP contribution >= 0.6 is 0 Å². The quantitative estimate of drug-likeness (QED) is 0.888. The van der Waals surface area contributed by atoms with E-state index in [0.29, 0.717) is 11.9 Å². The maximum atomic E-state index is 13.2. The molecule has 3 aliphatic rings. The highest BCUT2D eigenvalue weighted by molar-refractivity contribution is 5.85. The van der Waals surface area contributed by atoms with Gasteiger partial charge in [0.15, 0.2) is 0 Å². The summed E-state index contributed by atoms with van der Waals surface area (Å²) >= 11 is 0. The SMILES string of the molecule is CC(C)NC(=O)N1CCC2(CC1)C[C@@H](c1ccccc1)C(=O)N(C1CC1)C2. The lowest BCUT2D eigenvalue weighted by molar-refractivity contribution is -0.142. The van der Waals surface area contributed by atoms with E-state index in [4.69, 9.17) is 0 Å². The molecule has 1 aliphatic carbocycles. The number of hydrogen-bond donors (Lipinski definition) is 1. The highest BCUT2D eigenvalue weighted by Crippen LogP contribution is 2.48. The van der Waals surface area contributed by atoms with E-state index < -0.39 is 0 Å². The molecule has 2 saturated heterocycles. The molecule has 0 unspecified atom stereocenters. The number of urea groups is 1. The fourth-order valence-electron chi connectivity index (χ4n) is 4.75. The molecule has 5 nitrogen and oxygen atoms in total. The highest BCUT2D eigenvalue weighted by Gasteiger charge is 2.49. The van der Waals surface area contributed by atoms with Crippen molar-refractivity contribution in [1.29, 1.82) is 0 Å². The highest BCUT2D eigenvalue weighted by atomic mass is 16.2. The fraction of sp³-hybridized carbons (Fsp3) is 0.636. The van der Waals surface area contributed by atoms with E-state index in [1.807, 2.05) is 36.9 Å². The molecule has 5 heteroatoms. The van der Waals surface area contributed by atoms with Crippen molar-refractivity contribution in [2.45, 2.75) is 64.0 Å². The number of carbonyl (C=O) groups is 2. The Hall–Kier alpha value is -2.04. The predicted molar refractivity (Wildman–Crippen MR) is 105 cm³/mol. The molecule has 2 heterocycles. The van der Waals surface area contributed by atoms with Crippen molar-refractivity contribution in [1.82, 2.24) is 15.1 Å². The molecule has 1 aromatic rings. The Labute approximate surface area is 162 Å². The van der Waals surface area contributed by atoms with Crippen molar-refractivity contribution in [3.8, 4) is 0 Å². The van der Waals surface area contributed by atoms with E-state index >= 15 is 0 Å². The number of amides is 3. The van der Waals surface area contributed by atoms with Crippen LogP contribution < -0.4 is 5.32 Å². The van der Waals surface area contributed by atoms with Crippen molar-refractivity contribution < 1.29 is 9.59 Å². The third-order valence-corrected chi connectivity index (χ3v) is 6.44. The van der Waals surface area contributed by atoms with Crippen LogP contribution in [0.1, 0.15) is 57.4 Å². The van der Waals surface area contributed by atoms with Gasteiger partial charge in [-0.05, 0) is 56.9 Å². The van der Waals surface area contributed by atoms with E-state index in [2.05, 4.69) is 22.3 Å². The van der Waals surface area contributed by atoms with Gasteiger partial charge in [0.1, 0.15) is 0 Å². The minimum Gasteiger partial charge on any atom is -0.339 e. The number of piperidine rings is 2. The van der Waals surface area contributed by atoms with E-state index in [1.54, 1.807) is 0 Å². The lowest BCUT2D eigenvalue weighted by Crippen LogP contribution is -2.56. The Morgan fingerprint density at radius 2 is 1.81 bits per heavy atom. The van der Waals surface area contributed by atoms with Crippen LogP contribution in [0.2, 0.25) is 0 Å². The standard InChI is InChI=1S/C22H31N3O2/c1-16(2)23-21(27)24-12-10-22(11-13-24)14-19(17-6-4-3-5-7-17)20(26)25(15-22)18-8-9-18/h3-7,16,18-19H,8-15H2,1-2H3,(H,23,27)/t19-/m0/s1. The average Bonchev–Trinajstić information content (AvgIpc) is 3.49. The normalized spacial score (nSPS) is 25.1. The van der Waals surface area contributed by atoms with Crippen LogP contribution in [0, 0.1) is 5.41 Å². The first kappa shape index (κ1) is 18.3. The van der Waals surface area contributed by atoms with Crippen LogP contribution in [-0.4, -0.2) is 53.5 Å².